The molecule has 0 amide bonds. The van der Waals surface area contributed by atoms with E-state index in [1.807, 2.05) is 6.92 Å². The Hall–Kier alpha value is -3.23. The zero-order valence-electron chi connectivity index (χ0n) is 11.6. The van der Waals surface area contributed by atoms with Crippen LogP contribution in [0.3, 0.4) is 0 Å². The van der Waals surface area contributed by atoms with Gasteiger partial charge in [-0.2, -0.15) is 5.10 Å². The third kappa shape index (κ3) is 3.66. The molecule has 2 aromatic rings. The number of hydrogen-bond acceptors (Lipinski definition) is 7. The summed E-state index contributed by atoms with van der Waals surface area (Å²) in [4.78, 5) is 28.0. The lowest BCUT2D eigenvalue weighted by molar-refractivity contribution is -0.385. The van der Waals surface area contributed by atoms with Crippen molar-refractivity contribution in [3.8, 4) is 5.75 Å². The monoisotopic (exact) mass is 303 g/mol. The minimum absolute atomic E-state index is 0.175. The number of nitrogens with one attached hydrogen (secondary N) is 2. The first-order chi connectivity index (χ1) is 10.5. The van der Waals surface area contributed by atoms with Crippen molar-refractivity contribution in [3.63, 3.8) is 0 Å². The number of benzene rings is 1. The Morgan fingerprint density at radius 1 is 1.50 bits per heavy atom. The third-order valence-corrected chi connectivity index (χ3v) is 2.74. The SMILES string of the molecule is CCc1cc(=O)[nH]c(N/N=C\c2ccc(O)c([N+](=O)[O-])c2)n1. The standard InChI is InChI=1S/C13H13N5O4/c1-2-9-6-12(20)16-13(15-9)17-14-7-8-3-4-11(19)10(5-8)18(21)22/h3-7,19H,2H2,1H3,(H2,15,16,17,20)/b14-7-. The summed E-state index contributed by atoms with van der Waals surface area (Å²) in [6, 6.07) is 5.24. The quantitative estimate of drug-likeness (QED) is 0.434. The van der Waals surface area contributed by atoms with Gasteiger partial charge in [0, 0.05) is 23.4 Å². The summed E-state index contributed by atoms with van der Waals surface area (Å²) in [6.07, 6.45) is 1.91. The summed E-state index contributed by atoms with van der Waals surface area (Å²) in [5, 5.41) is 23.9. The molecule has 0 spiro atoms. The minimum atomic E-state index is -0.691. The summed E-state index contributed by atoms with van der Waals surface area (Å²) in [6.45, 7) is 1.87. The third-order valence-electron chi connectivity index (χ3n) is 2.74. The van der Waals surface area contributed by atoms with Gasteiger partial charge in [-0.1, -0.05) is 6.92 Å². The average molecular weight is 303 g/mol. The van der Waals surface area contributed by atoms with Gasteiger partial charge in [0.25, 0.3) is 5.56 Å². The van der Waals surface area contributed by atoms with Crippen LogP contribution in [0, 0.1) is 10.1 Å². The van der Waals surface area contributed by atoms with E-state index in [9.17, 15) is 20.0 Å². The molecule has 1 aromatic carbocycles. The summed E-state index contributed by atoms with van der Waals surface area (Å²) in [7, 11) is 0. The average Bonchev–Trinajstić information content (AvgIpc) is 2.48. The second-order valence-electron chi connectivity index (χ2n) is 4.31. The van der Waals surface area contributed by atoms with Crippen molar-refractivity contribution in [1.82, 2.24) is 9.97 Å². The highest BCUT2D eigenvalue weighted by Crippen LogP contribution is 2.25. The molecule has 1 heterocycles. The molecule has 0 fully saturated rings. The number of rotatable bonds is 5. The zero-order chi connectivity index (χ0) is 16.1. The number of aromatic nitrogens is 2. The van der Waals surface area contributed by atoms with Crippen LogP contribution in [0.4, 0.5) is 11.6 Å². The minimum Gasteiger partial charge on any atom is -0.502 e. The fraction of sp³-hybridized carbons (Fsp3) is 0.154. The summed E-state index contributed by atoms with van der Waals surface area (Å²) < 4.78 is 0. The number of nitro groups is 1. The highest BCUT2D eigenvalue weighted by molar-refractivity contribution is 5.81. The summed E-state index contributed by atoms with van der Waals surface area (Å²) >= 11 is 0. The van der Waals surface area contributed by atoms with Crippen molar-refractivity contribution in [1.29, 1.82) is 0 Å². The van der Waals surface area contributed by atoms with E-state index in [-0.39, 0.29) is 11.5 Å². The van der Waals surface area contributed by atoms with E-state index in [4.69, 9.17) is 0 Å². The Kier molecular flexibility index (Phi) is 4.47. The number of anilines is 1. The van der Waals surface area contributed by atoms with Gasteiger partial charge in [-0.3, -0.25) is 19.9 Å². The molecule has 0 aliphatic carbocycles. The molecule has 0 unspecified atom stereocenters. The van der Waals surface area contributed by atoms with Gasteiger partial charge >= 0.3 is 5.69 Å². The molecule has 9 nitrogen and oxygen atoms in total. The van der Waals surface area contributed by atoms with Gasteiger partial charge in [0.15, 0.2) is 5.75 Å². The second-order valence-corrected chi connectivity index (χ2v) is 4.31. The lowest BCUT2D eigenvalue weighted by Crippen LogP contribution is -2.11. The van der Waals surface area contributed by atoms with Crippen LogP contribution in [-0.2, 0) is 6.42 Å². The van der Waals surface area contributed by atoms with E-state index in [2.05, 4.69) is 20.5 Å². The molecular formula is C13H13N5O4. The Morgan fingerprint density at radius 3 is 2.95 bits per heavy atom. The number of aromatic hydroxyl groups is 1. The molecule has 3 N–H and O–H groups in total. The van der Waals surface area contributed by atoms with Gasteiger partial charge < -0.3 is 5.11 Å². The topological polar surface area (TPSA) is 134 Å². The van der Waals surface area contributed by atoms with Crippen LogP contribution in [-0.4, -0.2) is 26.2 Å². The van der Waals surface area contributed by atoms with E-state index < -0.39 is 16.4 Å². The lowest BCUT2D eigenvalue weighted by atomic mass is 10.2. The van der Waals surface area contributed by atoms with Crippen molar-refractivity contribution >= 4 is 17.9 Å². The molecule has 0 radical (unpaired) electrons. The van der Waals surface area contributed by atoms with Crippen molar-refractivity contribution in [2.75, 3.05) is 5.43 Å². The Labute approximate surface area is 124 Å². The van der Waals surface area contributed by atoms with E-state index in [0.717, 1.165) is 0 Å². The molecule has 0 bridgehead atoms. The van der Waals surface area contributed by atoms with E-state index in [1.54, 1.807) is 0 Å². The maximum Gasteiger partial charge on any atom is 0.311 e. The second kappa shape index (κ2) is 6.48. The van der Waals surface area contributed by atoms with Gasteiger partial charge in [0.1, 0.15) is 0 Å². The molecule has 2 rings (SSSR count). The Balaban J connectivity index is 2.16. The number of phenolic OH excluding ortho intramolecular Hbond substituents is 1. The Morgan fingerprint density at radius 2 is 2.27 bits per heavy atom. The van der Waals surface area contributed by atoms with Crippen LogP contribution < -0.4 is 11.0 Å². The molecule has 0 atom stereocenters. The van der Waals surface area contributed by atoms with E-state index in [1.165, 1.54) is 30.5 Å². The molecule has 1 aromatic heterocycles. The number of aromatic amines is 1. The Bertz CT molecular complexity index is 784. The maximum absolute atomic E-state index is 11.4. The van der Waals surface area contributed by atoms with Gasteiger partial charge in [-0.25, -0.2) is 10.4 Å². The molecule has 0 aliphatic heterocycles. The maximum atomic E-state index is 11.4. The predicted octanol–water partition coefficient (Wildman–Crippen LogP) is 1.39. The number of nitrogens with zero attached hydrogens (tertiary/aromatic N) is 3. The molecule has 22 heavy (non-hydrogen) atoms. The molecule has 0 saturated heterocycles. The van der Waals surface area contributed by atoms with Crippen LogP contribution >= 0.6 is 0 Å². The van der Waals surface area contributed by atoms with Crippen LogP contribution in [0.25, 0.3) is 0 Å². The highest BCUT2D eigenvalue weighted by atomic mass is 16.6. The van der Waals surface area contributed by atoms with Crippen LogP contribution in [0.5, 0.6) is 5.75 Å². The van der Waals surface area contributed by atoms with Gasteiger partial charge in [0.2, 0.25) is 5.95 Å². The first kappa shape index (κ1) is 15.2. The fourth-order valence-corrected chi connectivity index (χ4v) is 1.68. The number of aryl methyl sites for hydroxylation is 1. The number of H-pyrrole nitrogens is 1. The van der Waals surface area contributed by atoms with E-state index >= 15 is 0 Å². The highest BCUT2D eigenvalue weighted by Gasteiger charge is 2.12. The van der Waals surface area contributed by atoms with Gasteiger partial charge in [-0.15, -0.1) is 0 Å². The van der Waals surface area contributed by atoms with E-state index in [0.29, 0.717) is 17.7 Å². The van der Waals surface area contributed by atoms with Crippen LogP contribution in [0.15, 0.2) is 34.2 Å². The summed E-state index contributed by atoms with van der Waals surface area (Å²) in [5.41, 5.74) is 2.85. The van der Waals surface area contributed by atoms with Crippen molar-refractivity contribution in [2.45, 2.75) is 13.3 Å². The van der Waals surface area contributed by atoms with Gasteiger partial charge in [-0.05, 0) is 18.6 Å². The van der Waals surface area contributed by atoms with Crippen LogP contribution in [0.2, 0.25) is 0 Å². The number of hydrogen-bond donors (Lipinski definition) is 3. The smallest absolute Gasteiger partial charge is 0.311 e. The first-order valence-electron chi connectivity index (χ1n) is 6.36. The largest absolute Gasteiger partial charge is 0.502 e. The molecule has 0 aliphatic rings. The number of nitro benzene ring substituents is 1. The molecule has 0 saturated carbocycles. The number of hydrazone groups is 1. The predicted molar refractivity (Wildman–Crippen MR) is 80.2 cm³/mol. The molecule has 114 valence electrons. The van der Waals surface area contributed by atoms with Crippen molar-refractivity contribution in [2.24, 2.45) is 5.10 Å². The first-order valence-corrected chi connectivity index (χ1v) is 6.36. The molecule has 9 heteroatoms. The van der Waals surface area contributed by atoms with Crippen molar-refractivity contribution < 1.29 is 10.0 Å². The summed E-state index contributed by atoms with van der Waals surface area (Å²) in [5.74, 6) is -0.245. The van der Waals surface area contributed by atoms with Gasteiger partial charge in [0.05, 0.1) is 11.1 Å². The number of phenols is 1. The van der Waals surface area contributed by atoms with Crippen molar-refractivity contribution in [3.05, 3.63) is 56.0 Å². The van der Waals surface area contributed by atoms with Crippen LogP contribution in [0.1, 0.15) is 18.2 Å². The normalized spacial score (nSPS) is 10.8. The zero-order valence-corrected chi connectivity index (χ0v) is 11.6. The fourth-order valence-electron chi connectivity index (χ4n) is 1.68. The lowest BCUT2D eigenvalue weighted by Gasteiger charge is -2.01. The molecular weight excluding hydrogens is 290 g/mol.